The van der Waals surface area contributed by atoms with Gasteiger partial charge in [-0.15, -0.1) is 0 Å². The second-order valence-corrected chi connectivity index (χ2v) is 7.16. The number of carbonyl (C=O) groups excluding carboxylic acids is 1. The predicted molar refractivity (Wildman–Crippen MR) is 86.0 cm³/mol. The van der Waals surface area contributed by atoms with Gasteiger partial charge in [0.05, 0.1) is 6.04 Å². The van der Waals surface area contributed by atoms with Crippen LogP contribution in [0.2, 0.25) is 0 Å². The van der Waals surface area contributed by atoms with Crippen LogP contribution in [0.3, 0.4) is 0 Å². The molecule has 2 rings (SSSR count). The van der Waals surface area contributed by atoms with Crippen molar-refractivity contribution in [2.45, 2.75) is 57.2 Å². The Morgan fingerprint density at radius 3 is 2.55 bits per heavy atom. The Bertz CT molecular complexity index is 318. The van der Waals surface area contributed by atoms with Gasteiger partial charge in [0.25, 0.3) is 0 Å². The SMILES string of the molecule is CSCC[C@@H](N)C(=O)N1CCC(N2CCC[C@@H]2C)CC1. The zero-order chi connectivity index (χ0) is 14.5. The normalized spacial score (nSPS) is 26.9. The molecular formula is C15H29N3OS. The van der Waals surface area contributed by atoms with Gasteiger partial charge < -0.3 is 10.6 Å². The number of hydrogen-bond donors (Lipinski definition) is 1. The van der Waals surface area contributed by atoms with E-state index in [-0.39, 0.29) is 11.9 Å². The summed E-state index contributed by atoms with van der Waals surface area (Å²) < 4.78 is 0. The van der Waals surface area contributed by atoms with Gasteiger partial charge in [0, 0.05) is 25.2 Å². The quantitative estimate of drug-likeness (QED) is 0.837. The summed E-state index contributed by atoms with van der Waals surface area (Å²) in [6.45, 7) is 5.36. The van der Waals surface area contributed by atoms with Crippen molar-refractivity contribution in [2.75, 3.05) is 31.6 Å². The van der Waals surface area contributed by atoms with Crippen molar-refractivity contribution in [2.24, 2.45) is 5.73 Å². The molecule has 0 bridgehead atoms. The Morgan fingerprint density at radius 1 is 1.30 bits per heavy atom. The summed E-state index contributed by atoms with van der Waals surface area (Å²) in [5.74, 6) is 1.13. The van der Waals surface area contributed by atoms with Crippen LogP contribution in [0.1, 0.15) is 39.0 Å². The van der Waals surface area contributed by atoms with Crippen molar-refractivity contribution >= 4 is 17.7 Å². The zero-order valence-corrected chi connectivity index (χ0v) is 13.7. The second-order valence-electron chi connectivity index (χ2n) is 6.17. The molecule has 0 aromatic heterocycles. The summed E-state index contributed by atoms with van der Waals surface area (Å²) in [7, 11) is 0. The average Bonchev–Trinajstić information content (AvgIpc) is 2.90. The maximum Gasteiger partial charge on any atom is 0.239 e. The molecule has 0 saturated carbocycles. The Hall–Kier alpha value is -0.260. The van der Waals surface area contributed by atoms with Crippen LogP contribution in [0.5, 0.6) is 0 Å². The third-order valence-corrected chi connectivity index (χ3v) is 5.44. The minimum Gasteiger partial charge on any atom is -0.341 e. The molecule has 1 amide bonds. The van der Waals surface area contributed by atoms with Crippen LogP contribution < -0.4 is 5.73 Å². The minimum atomic E-state index is -0.301. The van der Waals surface area contributed by atoms with Crippen molar-refractivity contribution in [1.29, 1.82) is 0 Å². The third-order valence-electron chi connectivity index (χ3n) is 4.80. The topological polar surface area (TPSA) is 49.6 Å². The number of rotatable bonds is 5. The van der Waals surface area contributed by atoms with E-state index in [0.29, 0.717) is 6.04 Å². The first kappa shape index (κ1) is 16.1. The highest BCUT2D eigenvalue weighted by Crippen LogP contribution is 2.25. The average molecular weight is 299 g/mol. The van der Waals surface area contributed by atoms with Gasteiger partial charge in [-0.05, 0) is 57.6 Å². The fraction of sp³-hybridized carbons (Fsp3) is 0.933. The van der Waals surface area contributed by atoms with Gasteiger partial charge in [-0.2, -0.15) is 11.8 Å². The molecule has 2 aliphatic rings. The number of piperidine rings is 1. The number of hydrogen-bond acceptors (Lipinski definition) is 4. The first-order chi connectivity index (χ1) is 9.63. The molecule has 2 fully saturated rings. The summed E-state index contributed by atoms with van der Waals surface area (Å²) in [4.78, 5) is 16.9. The monoisotopic (exact) mass is 299 g/mol. The molecule has 0 aromatic carbocycles. The molecule has 0 radical (unpaired) electrons. The standard InChI is InChI=1S/C15H29N3OS/c1-12-4-3-8-18(12)13-5-9-17(10-6-13)15(19)14(16)7-11-20-2/h12-14H,3-11,16H2,1-2H3/t12-,14+/m0/s1. The van der Waals surface area contributed by atoms with Gasteiger partial charge in [-0.1, -0.05) is 0 Å². The number of thioether (sulfide) groups is 1. The molecule has 0 aliphatic carbocycles. The summed E-state index contributed by atoms with van der Waals surface area (Å²) in [5.41, 5.74) is 6.00. The van der Waals surface area contributed by atoms with Crippen molar-refractivity contribution < 1.29 is 4.79 Å². The maximum absolute atomic E-state index is 12.3. The second kappa shape index (κ2) is 7.66. The van der Waals surface area contributed by atoms with E-state index in [2.05, 4.69) is 18.1 Å². The Morgan fingerprint density at radius 2 is 2.00 bits per heavy atom. The molecular weight excluding hydrogens is 270 g/mol. The van der Waals surface area contributed by atoms with Crippen molar-refractivity contribution in [3.05, 3.63) is 0 Å². The predicted octanol–water partition coefficient (Wildman–Crippen LogP) is 1.54. The van der Waals surface area contributed by atoms with Gasteiger partial charge in [0.15, 0.2) is 0 Å². The Labute approximate surface area is 127 Å². The Kier molecular flexibility index (Phi) is 6.18. The maximum atomic E-state index is 12.3. The van der Waals surface area contributed by atoms with Gasteiger partial charge >= 0.3 is 0 Å². The van der Waals surface area contributed by atoms with Crippen molar-refractivity contribution in [3.8, 4) is 0 Å². The smallest absolute Gasteiger partial charge is 0.239 e. The van der Waals surface area contributed by atoms with Crippen LogP contribution in [0, 0.1) is 0 Å². The lowest BCUT2D eigenvalue weighted by Crippen LogP contribution is -2.51. The molecule has 2 aliphatic heterocycles. The number of carbonyl (C=O) groups is 1. The molecule has 2 saturated heterocycles. The lowest BCUT2D eigenvalue weighted by atomic mass is 10.0. The van der Waals surface area contributed by atoms with Crippen LogP contribution in [-0.2, 0) is 4.79 Å². The fourth-order valence-corrected chi connectivity index (χ4v) is 4.01. The molecule has 0 unspecified atom stereocenters. The van der Waals surface area contributed by atoms with E-state index in [1.54, 1.807) is 11.8 Å². The number of nitrogens with two attached hydrogens (primary N) is 1. The zero-order valence-electron chi connectivity index (χ0n) is 12.9. The summed E-state index contributed by atoms with van der Waals surface area (Å²) in [5, 5.41) is 0. The first-order valence-electron chi connectivity index (χ1n) is 7.92. The molecule has 2 N–H and O–H groups in total. The van der Waals surface area contributed by atoms with E-state index in [0.717, 1.165) is 44.1 Å². The highest BCUT2D eigenvalue weighted by molar-refractivity contribution is 7.98. The van der Waals surface area contributed by atoms with Crippen molar-refractivity contribution in [3.63, 3.8) is 0 Å². The van der Waals surface area contributed by atoms with E-state index in [1.165, 1.54) is 19.4 Å². The molecule has 0 spiro atoms. The molecule has 5 heteroatoms. The highest BCUT2D eigenvalue weighted by Gasteiger charge is 2.32. The van der Waals surface area contributed by atoms with Gasteiger partial charge in [-0.25, -0.2) is 0 Å². The molecule has 20 heavy (non-hydrogen) atoms. The molecule has 4 nitrogen and oxygen atoms in total. The van der Waals surface area contributed by atoms with Crippen LogP contribution in [0.15, 0.2) is 0 Å². The first-order valence-corrected chi connectivity index (χ1v) is 9.32. The van der Waals surface area contributed by atoms with Gasteiger partial charge in [0.1, 0.15) is 0 Å². The van der Waals surface area contributed by atoms with E-state index in [9.17, 15) is 4.79 Å². The van der Waals surface area contributed by atoms with E-state index >= 15 is 0 Å². The number of likely N-dealkylation sites (tertiary alicyclic amines) is 2. The van der Waals surface area contributed by atoms with E-state index in [4.69, 9.17) is 5.73 Å². The van der Waals surface area contributed by atoms with Gasteiger partial charge in [0.2, 0.25) is 5.91 Å². The Balaban J connectivity index is 1.77. The lowest BCUT2D eigenvalue weighted by Gasteiger charge is -2.39. The molecule has 0 aromatic rings. The minimum absolute atomic E-state index is 0.159. The van der Waals surface area contributed by atoms with E-state index in [1.807, 2.05) is 4.90 Å². The highest BCUT2D eigenvalue weighted by atomic mass is 32.2. The van der Waals surface area contributed by atoms with Crippen LogP contribution >= 0.6 is 11.8 Å². The summed E-state index contributed by atoms with van der Waals surface area (Å²) in [6, 6.07) is 1.11. The molecule has 2 heterocycles. The van der Waals surface area contributed by atoms with Crippen LogP contribution in [-0.4, -0.2) is 65.5 Å². The van der Waals surface area contributed by atoms with Gasteiger partial charge in [-0.3, -0.25) is 9.69 Å². The third kappa shape index (κ3) is 3.89. The number of nitrogens with zero attached hydrogens (tertiary/aromatic N) is 2. The fourth-order valence-electron chi connectivity index (χ4n) is 3.52. The lowest BCUT2D eigenvalue weighted by molar-refractivity contribution is -0.134. The molecule has 2 atom stereocenters. The summed E-state index contributed by atoms with van der Waals surface area (Å²) in [6.07, 6.45) is 7.75. The number of amides is 1. The van der Waals surface area contributed by atoms with Crippen LogP contribution in [0.4, 0.5) is 0 Å². The van der Waals surface area contributed by atoms with Crippen LogP contribution in [0.25, 0.3) is 0 Å². The van der Waals surface area contributed by atoms with Crippen molar-refractivity contribution in [1.82, 2.24) is 9.80 Å². The summed E-state index contributed by atoms with van der Waals surface area (Å²) >= 11 is 1.75. The molecule has 116 valence electrons. The van der Waals surface area contributed by atoms with E-state index < -0.39 is 0 Å². The largest absolute Gasteiger partial charge is 0.341 e.